The number of hydrogen-bond acceptors (Lipinski definition) is 13. The first-order chi connectivity index (χ1) is 40.1. The van der Waals surface area contributed by atoms with Crippen LogP contribution in [0.25, 0.3) is 0 Å². The van der Waals surface area contributed by atoms with E-state index in [9.17, 15) is 45.6 Å². The van der Waals surface area contributed by atoms with Crippen molar-refractivity contribution in [3.8, 4) is 0 Å². The van der Waals surface area contributed by atoms with Crippen molar-refractivity contribution in [2.75, 3.05) is 19.8 Å². The van der Waals surface area contributed by atoms with E-state index in [0.29, 0.717) is 12.8 Å². The minimum atomic E-state index is -1.78. The Labute approximate surface area is 499 Å². The number of unbranched alkanes of at least 4 members (excludes halogenated alkanes) is 34. The van der Waals surface area contributed by atoms with Crippen molar-refractivity contribution in [1.29, 1.82) is 0 Å². The molecule has 0 bridgehead atoms. The Balaban J connectivity index is 1.69. The van der Waals surface area contributed by atoms with E-state index in [-0.39, 0.29) is 12.5 Å². The van der Waals surface area contributed by atoms with Crippen LogP contribution in [0, 0.1) is 0 Å². The molecular formula is C68H125NO13. The standard InChI is InChI=1S/C68H125NO13/c1-3-5-7-9-11-13-15-17-19-21-23-25-27-28-30-31-33-35-37-39-41-43-45-47-49-51-57(72)56(55-79-67-65(78)63(76)66(59(54-71)81-67)82-68-64(77)62(75)61(74)58(53-70)80-68)69-60(73)52-50-48-46-44-42-40-38-36-34-32-29-26-24-22-20-18-16-14-12-10-8-6-4-2/h6,8,12,14,18,20,24,26,56-59,61-68,70-72,74-78H,3-5,7,9-11,13,15-17,19,21-23,25,27-55H2,1-2H3,(H,69,73)/b8-6-,14-12-,20-18-,26-24-. The molecule has 0 aromatic rings. The second kappa shape index (κ2) is 53.2. The van der Waals surface area contributed by atoms with Gasteiger partial charge in [0.1, 0.15) is 48.8 Å². The molecule has 0 aromatic carbocycles. The second-order valence-corrected chi connectivity index (χ2v) is 23.9. The van der Waals surface area contributed by atoms with E-state index in [1.807, 2.05) is 0 Å². The predicted molar refractivity (Wildman–Crippen MR) is 332 cm³/mol. The summed E-state index contributed by atoms with van der Waals surface area (Å²) < 4.78 is 22.9. The van der Waals surface area contributed by atoms with Crippen LogP contribution < -0.4 is 5.32 Å². The van der Waals surface area contributed by atoms with Crippen LogP contribution in [0.4, 0.5) is 0 Å². The van der Waals surface area contributed by atoms with Crippen LogP contribution in [0.2, 0.25) is 0 Å². The third-order valence-corrected chi connectivity index (χ3v) is 16.6. The zero-order chi connectivity index (χ0) is 59.5. The molecule has 2 heterocycles. The van der Waals surface area contributed by atoms with Crippen LogP contribution in [0.1, 0.15) is 284 Å². The summed E-state index contributed by atoms with van der Waals surface area (Å²) in [7, 11) is 0. The lowest BCUT2D eigenvalue weighted by molar-refractivity contribution is -0.359. The molecule has 14 nitrogen and oxygen atoms in total. The van der Waals surface area contributed by atoms with Crippen molar-refractivity contribution in [3.63, 3.8) is 0 Å². The summed E-state index contributed by atoms with van der Waals surface area (Å²) in [4.78, 5) is 13.3. The molecule has 0 aromatic heterocycles. The van der Waals surface area contributed by atoms with Crippen LogP contribution in [-0.4, -0.2) is 140 Å². The topological polar surface area (TPSA) is 228 Å². The molecule has 12 unspecified atom stereocenters. The Bertz CT molecular complexity index is 1560. The van der Waals surface area contributed by atoms with Gasteiger partial charge in [0, 0.05) is 6.42 Å². The molecule has 2 aliphatic rings. The van der Waals surface area contributed by atoms with Crippen molar-refractivity contribution >= 4 is 5.91 Å². The lowest BCUT2D eigenvalue weighted by Crippen LogP contribution is -2.65. The van der Waals surface area contributed by atoms with Crippen molar-refractivity contribution in [1.82, 2.24) is 5.32 Å². The number of hydrogen-bond donors (Lipinski definition) is 9. The van der Waals surface area contributed by atoms with Gasteiger partial charge < -0.3 is 65.1 Å². The first-order valence-corrected chi connectivity index (χ1v) is 33.9. The molecule has 0 radical (unpaired) electrons. The Hall–Kier alpha value is -2.05. The Kier molecular flexibility index (Phi) is 49.3. The Morgan fingerprint density at radius 3 is 1.29 bits per heavy atom. The molecule has 2 aliphatic heterocycles. The molecule has 0 saturated carbocycles. The average molecular weight is 1160 g/mol. The van der Waals surface area contributed by atoms with Gasteiger partial charge >= 0.3 is 0 Å². The van der Waals surface area contributed by atoms with Gasteiger partial charge in [-0.25, -0.2) is 0 Å². The molecule has 82 heavy (non-hydrogen) atoms. The van der Waals surface area contributed by atoms with Gasteiger partial charge in [-0.05, 0) is 51.4 Å². The third-order valence-electron chi connectivity index (χ3n) is 16.6. The maximum absolute atomic E-state index is 13.3. The fourth-order valence-electron chi connectivity index (χ4n) is 11.2. The molecule has 2 saturated heterocycles. The molecule has 480 valence electrons. The molecular weight excluding hydrogens is 1040 g/mol. The molecule has 12 atom stereocenters. The smallest absolute Gasteiger partial charge is 0.220 e. The highest BCUT2D eigenvalue weighted by Gasteiger charge is 2.51. The van der Waals surface area contributed by atoms with Crippen LogP contribution in [0.15, 0.2) is 48.6 Å². The van der Waals surface area contributed by atoms with E-state index >= 15 is 0 Å². The summed E-state index contributed by atoms with van der Waals surface area (Å²) >= 11 is 0. The molecule has 2 rings (SSSR count). The van der Waals surface area contributed by atoms with Crippen LogP contribution in [0.3, 0.4) is 0 Å². The molecule has 0 aliphatic carbocycles. The van der Waals surface area contributed by atoms with E-state index in [1.54, 1.807) is 0 Å². The monoisotopic (exact) mass is 1160 g/mol. The SMILES string of the molecule is CC/C=C\C/C=C\C/C=C\C/C=C\CCCCCCCCCCCCC(=O)NC(COC1OC(CO)C(OC2OC(CO)C(O)C(O)C2O)C(O)C1O)C(O)CCCCCCCCCCCCCCCCCCCCCCCCCCC. The summed E-state index contributed by atoms with van der Waals surface area (Å²) in [6.45, 7) is 2.78. The zero-order valence-electron chi connectivity index (χ0n) is 52.0. The van der Waals surface area contributed by atoms with Gasteiger partial charge in [0.15, 0.2) is 12.6 Å². The summed E-state index contributed by atoms with van der Waals surface area (Å²) in [6, 6.07) is -0.834. The summed E-state index contributed by atoms with van der Waals surface area (Å²) in [5.74, 6) is -0.209. The third kappa shape index (κ3) is 37.5. The van der Waals surface area contributed by atoms with E-state index in [2.05, 4.69) is 67.8 Å². The highest BCUT2D eigenvalue weighted by molar-refractivity contribution is 5.76. The minimum Gasteiger partial charge on any atom is -0.394 e. The summed E-state index contributed by atoms with van der Waals surface area (Å²) in [5, 5.41) is 87.6. The van der Waals surface area contributed by atoms with E-state index < -0.39 is 86.8 Å². The Morgan fingerprint density at radius 1 is 0.451 bits per heavy atom. The average Bonchev–Trinajstić information content (AvgIpc) is 3.53. The zero-order valence-corrected chi connectivity index (χ0v) is 52.0. The Morgan fingerprint density at radius 2 is 0.841 bits per heavy atom. The number of ether oxygens (including phenoxy) is 4. The minimum absolute atomic E-state index is 0.209. The van der Waals surface area contributed by atoms with Gasteiger partial charge in [0.2, 0.25) is 5.91 Å². The van der Waals surface area contributed by atoms with Crippen LogP contribution >= 0.6 is 0 Å². The fraction of sp³-hybridized carbons (Fsp3) is 0.868. The molecule has 9 N–H and O–H groups in total. The van der Waals surface area contributed by atoms with Crippen molar-refractivity contribution < 1.29 is 64.6 Å². The normalized spacial score (nSPS) is 24.2. The molecule has 0 spiro atoms. The lowest BCUT2D eigenvalue weighted by Gasteiger charge is -2.46. The molecule has 2 fully saturated rings. The van der Waals surface area contributed by atoms with Crippen molar-refractivity contribution in [2.45, 2.75) is 357 Å². The van der Waals surface area contributed by atoms with Crippen LogP contribution in [-0.2, 0) is 23.7 Å². The predicted octanol–water partition coefficient (Wildman–Crippen LogP) is 13.1. The second-order valence-electron chi connectivity index (χ2n) is 23.9. The van der Waals surface area contributed by atoms with Gasteiger partial charge in [-0.15, -0.1) is 0 Å². The number of carbonyl (C=O) groups is 1. The number of rotatable bonds is 55. The number of allylic oxidation sites excluding steroid dienone is 8. The molecule has 14 heteroatoms. The first kappa shape index (κ1) is 76.0. The summed E-state index contributed by atoms with van der Waals surface area (Å²) in [5.41, 5.74) is 0. The maximum atomic E-state index is 13.3. The number of nitrogens with one attached hydrogen (secondary N) is 1. The number of amides is 1. The van der Waals surface area contributed by atoms with E-state index in [4.69, 9.17) is 18.9 Å². The summed E-state index contributed by atoms with van der Waals surface area (Å²) in [6.07, 6.45) is 51.1. The number of aliphatic hydroxyl groups is 8. The highest BCUT2D eigenvalue weighted by Crippen LogP contribution is 2.30. The van der Waals surface area contributed by atoms with Gasteiger partial charge in [-0.3, -0.25) is 4.79 Å². The van der Waals surface area contributed by atoms with Crippen LogP contribution in [0.5, 0.6) is 0 Å². The van der Waals surface area contributed by atoms with Gasteiger partial charge in [-0.1, -0.05) is 274 Å². The van der Waals surface area contributed by atoms with E-state index in [1.165, 1.54) is 173 Å². The van der Waals surface area contributed by atoms with E-state index in [0.717, 1.165) is 83.5 Å². The largest absolute Gasteiger partial charge is 0.394 e. The first-order valence-electron chi connectivity index (χ1n) is 33.9. The number of carbonyl (C=O) groups excluding carboxylic acids is 1. The van der Waals surface area contributed by atoms with Crippen molar-refractivity contribution in [2.24, 2.45) is 0 Å². The van der Waals surface area contributed by atoms with Gasteiger partial charge in [0.25, 0.3) is 0 Å². The van der Waals surface area contributed by atoms with Gasteiger partial charge in [-0.2, -0.15) is 0 Å². The quantitative estimate of drug-likeness (QED) is 0.0204. The number of aliphatic hydroxyl groups excluding tert-OH is 8. The molecule has 1 amide bonds. The van der Waals surface area contributed by atoms with Gasteiger partial charge in [0.05, 0.1) is 32.0 Å². The van der Waals surface area contributed by atoms with Crippen molar-refractivity contribution in [3.05, 3.63) is 48.6 Å². The fourth-order valence-corrected chi connectivity index (χ4v) is 11.2. The maximum Gasteiger partial charge on any atom is 0.220 e. The highest BCUT2D eigenvalue weighted by atomic mass is 16.7. The lowest BCUT2D eigenvalue weighted by atomic mass is 9.97.